The Hall–Kier alpha value is -1.87. The average Bonchev–Trinajstić information content (AvgIpc) is 3.30. The Bertz CT molecular complexity index is 833. The van der Waals surface area contributed by atoms with E-state index in [1.165, 1.54) is 28.6 Å². The molecule has 2 amide bonds. The number of hydrogen-bond donors (Lipinski definition) is 2. The lowest BCUT2D eigenvalue weighted by Gasteiger charge is -2.16. The number of amides is 2. The number of nitrogens with zero attached hydrogens (tertiary/aromatic N) is 2. The van der Waals surface area contributed by atoms with Crippen molar-refractivity contribution in [2.24, 2.45) is 5.92 Å². The summed E-state index contributed by atoms with van der Waals surface area (Å²) in [5.74, 6) is 0.905. The van der Waals surface area contributed by atoms with E-state index >= 15 is 0 Å². The molecule has 0 aromatic carbocycles. The largest absolute Gasteiger partial charge is 0.410 e. The molecule has 0 saturated carbocycles. The third kappa shape index (κ3) is 5.35. The van der Waals surface area contributed by atoms with Crippen molar-refractivity contribution in [3.63, 3.8) is 0 Å². The molecule has 7 nitrogen and oxygen atoms in total. The number of nitrogens with one attached hydrogen (secondary N) is 2. The van der Waals surface area contributed by atoms with Crippen molar-refractivity contribution in [2.45, 2.75) is 57.7 Å². The Morgan fingerprint density at radius 2 is 2.25 bits per heavy atom. The number of aromatic nitrogens is 2. The van der Waals surface area contributed by atoms with E-state index in [-0.39, 0.29) is 17.6 Å². The summed E-state index contributed by atoms with van der Waals surface area (Å²) >= 11 is 2.89. The lowest BCUT2D eigenvalue weighted by Crippen LogP contribution is -2.45. The van der Waals surface area contributed by atoms with E-state index in [2.05, 4.69) is 33.8 Å². The number of thiophene rings is 1. The SMILES string of the molecule is CCCNC(=O)[C@@H](C)NC(=O)CSc1nnc(-c2cc3c(s2)CC[C@@H](C)C3)o1. The zero-order chi connectivity index (χ0) is 20.1. The standard InChI is InChI=1S/C19H26N4O3S2/c1-4-7-20-17(25)12(3)21-16(24)10-27-19-23-22-18(26-19)15-9-13-8-11(2)5-6-14(13)28-15/h9,11-12H,4-8,10H2,1-3H3,(H,20,25)(H,21,24)/t11-,12-/m1/s1. The maximum Gasteiger partial charge on any atom is 0.277 e. The van der Waals surface area contributed by atoms with Crippen LogP contribution in [0.5, 0.6) is 0 Å². The van der Waals surface area contributed by atoms with Crippen LogP contribution in [0, 0.1) is 5.92 Å². The van der Waals surface area contributed by atoms with Gasteiger partial charge in [-0.25, -0.2) is 0 Å². The van der Waals surface area contributed by atoms with Crippen LogP contribution in [0.25, 0.3) is 10.8 Å². The Balaban J connectivity index is 1.51. The minimum absolute atomic E-state index is 0.117. The van der Waals surface area contributed by atoms with Crippen molar-refractivity contribution >= 4 is 34.9 Å². The molecule has 2 atom stereocenters. The van der Waals surface area contributed by atoms with Gasteiger partial charge in [0.2, 0.25) is 11.8 Å². The molecular formula is C19H26N4O3S2. The van der Waals surface area contributed by atoms with Gasteiger partial charge in [0, 0.05) is 11.4 Å². The molecule has 0 unspecified atom stereocenters. The van der Waals surface area contributed by atoms with Crippen LogP contribution in [-0.4, -0.2) is 40.4 Å². The summed E-state index contributed by atoms with van der Waals surface area (Å²) < 4.78 is 5.72. The van der Waals surface area contributed by atoms with Crippen molar-refractivity contribution in [2.75, 3.05) is 12.3 Å². The van der Waals surface area contributed by atoms with Gasteiger partial charge in [-0.1, -0.05) is 25.6 Å². The molecule has 0 bridgehead atoms. The number of carbonyl (C=O) groups excluding carboxylic acids is 2. The van der Waals surface area contributed by atoms with E-state index in [1.54, 1.807) is 18.3 Å². The molecule has 2 aromatic heterocycles. The average molecular weight is 423 g/mol. The van der Waals surface area contributed by atoms with Crippen LogP contribution in [0.4, 0.5) is 0 Å². The van der Waals surface area contributed by atoms with Crippen molar-refractivity contribution in [3.05, 3.63) is 16.5 Å². The smallest absolute Gasteiger partial charge is 0.277 e. The number of carbonyl (C=O) groups is 2. The second kappa shape index (κ2) is 9.56. The molecule has 2 aromatic rings. The number of thioether (sulfide) groups is 1. The zero-order valence-electron chi connectivity index (χ0n) is 16.4. The summed E-state index contributed by atoms with van der Waals surface area (Å²) in [4.78, 5) is 26.3. The fourth-order valence-electron chi connectivity index (χ4n) is 3.06. The summed E-state index contributed by atoms with van der Waals surface area (Å²) in [5, 5.41) is 13.9. The van der Waals surface area contributed by atoms with Crippen molar-refractivity contribution in [3.8, 4) is 10.8 Å². The van der Waals surface area contributed by atoms with Gasteiger partial charge in [0.25, 0.3) is 11.1 Å². The Kier molecular flexibility index (Phi) is 7.12. The first-order valence-corrected chi connectivity index (χ1v) is 11.4. The molecule has 0 fully saturated rings. The van der Waals surface area contributed by atoms with Crippen molar-refractivity contribution < 1.29 is 14.0 Å². The molecule has 0 aliphatic heterocycles. The molecule has 28 heavy (non-hydrogen) atoms. The predicted octanol–water partition coefficient (Wildman–Crippen LogP) is 3.05. The molecule has 1 aliphatic rings. The van der Waals surface area contributed by atoms with E-state index in [4.69, 9.17) is 4.42 Å². The van der Waals surface area contributed by atoms with Gasteiger partial charge in [0.1, 0.15) is 6.04 Å². The highest BCUT2D eigenvalue weighted by molar-refractivity contribution is 7.99. The molecule has 0 radical (unpaired) electrons. The normalized spacial score (nSPS) is 17.0. The monoisotopic (exact) mass is 422 g/mol. The lowest BCUT2D eigenvalue weighted by atomic mass is 9.90. The van der Waals surface area contributed by atoms with Gasteiger partial charge in [-0.05, 0) is 50.2 Å². The lowest BCUT2D eigenvalue weighted by molar-refractivity contribution is -0.127. The number of aryl methyl sites for hydroxylation is 1. The van der Waals surface area contributed by atoms with Gasteiger partial charge in [-0.3, -0.25) is 9.59 Å². The Morgan fingerprint density at radius 1 is 1.43 bits per heavy atom. The van der Waals surface area contributed by atoms with Crippen LogP contribution >= 0.6 is 23.1 Å². The van der Waals surface area contributed by atoms with Crippen molar-refractivity contribution in [1.29, 1.82) is 0 Å². The van der Waals surface area contributed by atoms with E-state index in [0.29, 0.717) is 23.6 Å². The quantitative estimate of drug-likeness (QED) is 0.635. The molecule has 152 valence electrons. The highest BCUT2D eigenvalue weighted by Gasteiger charge is 2.21. The van der Waals surface area contributed by atoms with Crippen molar-refractivity contribution in [1.82, 2.24) is 20.8 Å². The molecule has 9 heteroatoms. The first kappa shape index (κ1) is 20.9. The molecule has 0 spiro atoms. The van der Waals surface area contributed by atoms with Gasteiger partial charge in [-0.15, -0.1) is 21.5 Å². The summed E-state index contributed by atoms with van der Waals surface area (Å²) in [6.07, 6.45) is 4.29. The second-order valence-corrected chi connectivity index (χ2v) is 9.21. The second-order valence-electron chi connectivity index (χ2n) is 7.15. The number of hydrogen-bond acceptors (Lipinski definition) is 7. The number of fused-ring (bicyclic) bond motifs is 1. The summed E-state index contributed by atoms with van der Waals surface area (Å²) in [6.45, 7) is 6.52. The van der Waals surface area contributed by atoms with Crippen LogP contribution in [0.2, 0.25) is 0 Å². The highest BCUT2D eigenvalue weighted by atomic mass is 32.2. The van der Waals surface area contributed by atoms with Crippen LogP contribution in [0.15, 0.2) is 15.7 Å². The minimum atomic E-state index is -0.572. The van der Waals surface area contributed by atoms with Gasteiger partial charge >= 0.3 is 0 Å². The predicted molar refractivity (Wildman–Crippen MR) is 110 cm³/mol. The van der Waals surface area contributed by atoms with Gasteiger partial charge in [0.15, 0.2) is 0 Å². The van der Waals surface area contributed by atoms with Gasteiger partial charge in [0.05, 0.1) is 10.6 Å². The van der Waals surface area contributed by atoms with E-state index in [1.807, 2.05) is 6.92 Å². The maximum absolute atomic E-state index is 12.0. The fraction of sp³-hybridized carbons (Fsp3) is 0.579. The first-order valence-electron chi connectivity index (χ1n) is 9.61. The zero-order valence-corrected chi connectivity index (χ0v) is 18.0. The molecule has 1 aliphatic carbocycles. The molecule has 2 heterocycles. The third-order valence-electron chi connectivity index (χ3n) is 4.59. The third-order valence-corrected chi connectivity index (χ3v) is 6.64. The fourth-order valence-corrected chi connectivity index (χ4v) is 4.76. The Labute approximate surface area is 173 Å². The number of rotatable bonds is 8. The maximum atomic E-state index is 12.0. The highest BCUT2D eigenvalue weighted by Crippen LogP contribution is 2.37. The van der Waals surface area contributed by atoms with E-state index < -0.39 is 6.04 Å². The Morgan fingerprint density at radius 3 is 3.04 bits per heavy atom. The van der Waals surface area contributed by atoms with Crippen LogP contribution in [0.3, 0.4) is 0 Å². The first-order chi connectivity index (χ1) is 13.5. The van der Waals surface area contributed by atoms with Gasteiger partial charge in [-0.2, -0.15) is 0 Å². The van der Waals surface area contributed by atoms with Crippen LogP contribution in [0.1, 0.15) is 44.1 Å². The van der Waals surface area contributed by atoms with Crippen LogP contribution in [-0.2, 0) is 22.4 Å². The van der Waals surface area contributed by atoms with Gasteiger partial charge < -0.3 is 15.1 Å². The molecular weight excluding hydrogens is 396 g/mol. The molecule has 2 N–H and O–H groups in total. The van der Waals surface area contributed by atoms with E-state index in [9.17, 15) is 9.59 Å². The van der Waals surface area contributed by atoms with E-state index in [0.717, 1.165) is 24.1 Å². The topological polar surface area (TPSA) is 97.1 Å². The minimum Gasteiger partial charge on any atom is -0.410 e. The molecule has 0 saturated heterocycles. The summed E-state index contributed by atoms with van der Waals surface area (Å²) in [7, 11) is 0. The van der Waals surface area contributed by atoms with Crippen LogP contribution < -0.4 is 10.6 Å². The summed E-state index contributed by atoms with van der Waals surface area (Å²) in [6, 6.07) is 1.58. The summed E-state index contributed by atoms with van der Waals surface area (Å²) in [5.41, 5.74) is 1.39. The molecule has 3 rings (SSSR count).